The maximum atomic E-state index is 15.0. The lowest BCUT2D eigenvalue weighted by atomic mass is 9.80. The molecule has 2 saturated heterocycles. The van der Waals surface area contributed by atoms with Crippen molar-refractivity contribution in [3.8, 4) is 11.3 Å². The Hall–Kier alpha value is -8.48. The highest BCUT2D eigenvalue weighted by molar-refractivity contribution is 6.39. The molecule has 0 radical (unpaired) electrons. The van der Waals surface area contributed by atoms with Crippen LogP contribution in [0.5, 0.6) is 0 Å². The third-order valence-electron chi connectivity index (χ3n) is 22.9. The van der Waals surface area contributed by atoms with Gasteiger partial charge >= 0.3 is 5.97 Å². The number of ether oxygens (including phenoxy) is 12. The van der Waals surface area contributed by atoms with Crippen LogP contribution < -0.4 is 22.5 Å². The lowest BCUT2D eigenvalue weighted by molar-refractivity contribution is -0.265. The summed E-state index contributed by atoms with van der Waals surface area (Å²) in [5.74, 6) is -8.22. The first kappa shape index (κ1) is 99.3. The molecule has 2 bridgehead atoms. The van der Waals surface area contributed by atoms with E-state index in [1.807, 2.05) is 56.4 Å². The number of rotatable bonds is 41. The van der Waals surface area contributed by atoms with Gasteiger partial charge in [0.25, 0.3) is 17.7 Å². The zero-order valence-corrected chi connectivity index (χ0v) is 73.1. The smallest absolute Gasteiger partial charge is 0.329 e. The van der Waals surface area contributed by atoms with Gasteiger partial charge in [-0.1, -0.05) is 74.5 Å². The molecule has 37 nitrogen and oxygen atoms in total. The summed E-state index contributed by atoms with van der Waals surface area (Å²) in [6.45, 7) is 17.7. The molecule has 11 N–H and O–H groups in total. The van der Waals surface area contributed by atoms with E-state index < -0.39 is 102 Å². The number of hydrogen-bond acceptors (Lipinski definition) is 33. The average molecular weight is 1740 g/mol. The Morgan fingerprint density at radius 1 is 0.750 bits per heavy atom. The van der Waals surface area contributed by atoms with Gasteiger partial charge in [-0.15, -0.1) is 5.10 Å². The fourth-order valence-electron chi connectivity index (χ4n) is 15.6. The molecule has 688 valence electrons. The van der Waals surface area contributed by atoms with Crippen LogP contribution in [0, 0.1) is 29.6 Å². The number of aliphatic hydroxyl groups excluding tert-OH is 3. The summed E-state index contributed by atoms with van der Waals surface area (Å²) in [7, 11) is 3.10. The van der Waals surface area contributed by atoms with Crippen molar-refractivity contribution in [2.75, 3.05) is 144 Å². The van der Waals surface area contributed by atoms with Crippen molar-refractivity contribution in [3.63, 3.8) is 0 Å². The van der Waals surface area contributed by atoms with Gasteiger partial charge in [-0.25, -0.2) is 24.1 Å². The van der Waals surface area contributed by atoms with E-state index in [4.69, 9.17) is 88.4 Å². The van der Waals surface area contributed by atoms with Crippen molar-refractivity contribution >= 4 is 69.0 Å². The molecule has 4 aromatic heterocycles. The second kappa shape index (κ2) is 52.0. The Kier molecular flexibility index (Phi) is 41.6. The Bertz CT molecular complexity index is 4290. The van der Waals surface area contributed by atoms with Crippen molar-refractivity contribution in [1.29, 1.82) is 0 Å². The van der Waals surface area contributed by atoms with Crippen molar-refractivity contribution in [2.45, 2.75) is 218 Å². The molecular formula is C87H132N14O23. The molecule has 3 aliphatic heterocycles. The Labute approximate surface area is 724 Å². The third kappa shape index (κ3) is 30.7. The number of amides is 2. The van der Waals surface area contributed by atoms with Crippen LogP contribution in [0.2, 0.25) is 0 Å². The van der Waals surface area contributed by atoms with E-state index >= 15 is 0 Å². The van der Waals surface area contributed by atoms with Crippen LogP contribution in [0.15, 0.2) is 87.9 Å². The Morgan fingerprint density at radius 2 is 1.43 bits per heavy atom. The molecule has 7 heterocycles. The summed E-state index contributed by atoms with van der Waals surface area (Å²) in [6, 6.07) is 3.42. The van der Waals surface area contributed by atoms with E-state index in [2.05, 4.69) is 35.7 Å². The van der Waals surface area contributed by atoms with E-state index in [0.717, 1.165) is 28.9 Å². The largest absolute Gasteiger partial charge is 0.459 e. The van der Waals surface area contributed by atoms with Gasteiger partial charge in [-0.05, 0) is 132 Å². The number of nitrogens with zero attached hydrogens (tertiary/aromatic N) is 10. The van der Waals surface area contributed by atoms with Crippen LogP contribution in [-0.2, 0) is 105 Å². The number of aliphatic hydroxyl groups is 4. The number of aryl methyl sites for hydroxylation is 1. The Balaban J connectivity index is 0.654. The highest BCUT2D eigenvalue weighted by Crippen LogP contribution is 2.39. The number of fused-ring (bicyclic) bond motifs is 5. The summed E-state index contributed by atoms with van der Waals surface area (Å²) in [6.07, 6.45) is 13.3. The quantitative estimate of drug-likeness (QED) is 0.00726. The number of ketones is 2. The van der Waals surface area contributed by atoms with Gasteiger partial charge < -0.3 is 114 Å². The predicted octanol–water partition coefficient (Wildman–Crippen LogP) is 6.04. The summed E-state index contributed by atoms with van der Waals surface area (Å²) in [5, 5.41) is 67.7. The van der Waals surface area contributed by atoms with Crippen LogP contribution in [0.3, 0.4) is 0 Å². The molecule has 1 aliphatic carbocycles. The minimum Gasteiger partial charge on any atom is -0.459 e. The molecule has 15 atom stereocenters. The van der Waals surface area contributed by atoms with Crippen LogP contribution in [0.1, 0.15) is 144 Å². The molecule has 3 fully saturated rings. The fraction of sp³-hybridized carbons (Fsp3) is 0.678. The number of carbonyl (C=O) groups is 5. The minimum atomic E-state index is -2.51. The van der Waals surface area contributed by atoms with E-state index in [0.29, 0.717) is 216 Å². The van der Waals surface area contributed by atoms with Crippen molar-refractivity contribution < 1.29 is 110 Å². The maximum absolute atomic E-state index is 15.0. The molecule has 0 unspecified atom stereocenters. The number of esters is 1. The van der Waals surface area contributed by atoms with Crippen molar-refractivity contribution in [2.24, 2.45) is 40.5 Å². The summed E-state index contributed by atoms with van der Waals surface area (Å²) >= 11 is 0. The number of methoxy groups -OCH3 is 2. The third-order valence-corrected chi connectivity index (χ3v) is 22.9. The number of nitrogens with one attached hydrogen (secondary N) is 1. The van der Waals surface area contributed by atoms with Crippen LogP contribution >= 0.6 is 0 Å². The number of cyclic esters (lactones) is 1. The van der Waals surface area contributed by atoms with Gasteiger partial charge in [-0.3, -0.25) is 19.2 Å². The number of aromatic nitrogens is 8. The summed E-state index contributed by atoms with van der Waals surface area (Å²) in [5.41, 5.74) is 24.2. The van der Waals surface area contributed by atoms with Gasteiger partial charge in [-0.2, -0.15) is 10.1 Å². The predicted molar refractivity (Wildman–Crippen MR) is 457 cm³/mol. The first-order chi connectivity index (χ1) is 59.8. The lowest BCUT2D eigenvalue weighted by Crippen LogP contribution is -2.61. The number of nitrogen functional groups attached to an aromatic ring is 2. The normalized spacial score (nSPS) is 26.5. The second-order valence-corrected chi connectivity index (χ2v) is 32.4. The molecule has 0 spiro atoms. The minimum absolute atomic E-state index is 0.0163. The number of piperidine rings is 1. The van der Waals surface area contributed by atoms with E-state index in [9.17, 15) is 44.4 Å². The molecule has 2 amide bonds. The number of hydrogen-bond donors (Lipinski definition) is 8. The number of carbonyl (C=O) groups excluding carboxylic acids is 5. The molecule has 4 aliphatic rings. The average Bonchev–Trinajstić information content (AvgIpc) is 1.73. The standard InChI is InChI=1S/C87H132N14O23/c1-56-16-10-9-11-17-57(2)72(111-7)51-65-22-19-61(6)87(110,124-65)81(107)84(108)100-27-14-12-18-69(100)85(109)122-73(66(88)48-62-20-23-70(102)74(49-62)112-8)52-67(58(3)47-60(5)79(105)80(106)78(104)59(4)46-56)97-121-54-64-53-99(98-95-64)29-31-114-33-35-116-37-39-118-41-43-120-45-44-119-42-40-117-38-36-115-34-32-113-30-25-75(103)91-26-13-15-28-101-83-76(82(89)92-55-93-83)77(96-101)63-21-24-71-68(50-63)94-86(90)123-71/h9-11,16-17,21,24,47,50,53,55-56,58-59,61-62,65-66,69-70,72-74,79-80,102,105-106,110H,12-15,18-20,22-23,25-46,48-49,51-52,54,88H2,1-8H3,(H2,90,94)(H,91,103)(H2,89,92,93)/b11-9?,16-10+,57-17?,60-47+,97-67-/t56-,58-,59-,61-,62+,65+,66-,69+,70-,72+,73+,74-,79-,80+,87-/m1/s1. The van der Waals surface area contributed by atoms with Crippen molar-refractivity contribution in [1.82, 2.24) is 49.9 Å². The summed E-state index contributed by atoms with van der Waals surface area (Å²) in [4.78, 5) is 90.5. The number of benzene rings is 1. The molecule has 37 heteroatoms. The fourth-order valence-corrected chi connectivity index (χ4v) is 15.6. The number of oxime groups is 1. The van der Waals surface area contributed by atoms with Crippen LogP contribution in [0.4, 0.5) is 11.8 Å². The van der Waals surface area contributed by atoms with Gasteiger partial charge in [0, 0.05) is 82.5 Å². The first-order valence-electron chi connectivity index (χ1n) is 43.5. The van der Waals surface area contributed by atoms with Crippen LogP contribution in [0.25, 0.3) is 33.4 Å². The van der Waals surface area contributed by atoms with E-state index in [1.54, 1.807) is 62.5 Å². The van der Waals surface area contributed by atoms with Gasteiger partial charge in [0.1, 0.15) is 53.4 Å². The lowest BCUT2D eigenvalue weighted by Gasteiger charge is -2.42. The molecule has 1 aromatic carbocycles. The number of allylic oxidation sites excluding steroid dienone is 6. The number of oxazole rings is 1. The van der Waals surface area contributed by atoms with Gasteiger partial charge in [0.2, 0.25) is 11.7 Å². The molecule has 124 heavy (non-hydrogen) atoms. The zero-order chi connectivity index (χ0) is 88.9. The van der Waals surface area contributed by atoms with Crippen molar-refractivity contribution in [3.05, 3.63) is 84.0 Å². The molecule has 9 rings (SSSR count). The highest BCUT2D eigenvalue weighted by Gasteiger charge is 2.53. The number of Topliss-reactive ketones (excluding diaryl/α,β-unsaturated/α-hetero) is 2. The molecular weight excluding hydrogens is 1610 g/mol. The molecule has 1 saturated carbocycles. The van der Waals surface area contributed by atoms with Gasteiger partial charge in [0.05, 0.1) is 154 Å². The monoisotopic (exact) mass is 1740 g/mol. The van der Waals surface area contributed by atoms with Gasteiger partial charge in [0.15, 0.2) is 23.6 Å². The first-order valence-corrected chi connectivity index (χ1v) is 43.5. The van der Waals surface area contributed by atoms with E-state index in [1.165, 1.54) is 13.4 Å². The zero-order valence-electron chi connectivity index (χ0n) is 73.1. The van der Waals surface area contributed by atoms with Crippen LogP contribution in [-0.4, -0.2) is 294 Å². The number of anilines is 2. The SMILES string of the molecule is CO[C@H]1C[C@@H]2CC[C@@H](C)[C@@](O)(O2)C(=O)C(=O)N2CCCC[C@H]2C(=O)O[C@H]([C@H](N)C[C@@H]2CC[C@@H](O)[C@H](OC)C2)C/C(=N/OCc2cn(CCOCCOCCOCCOCCOCCOCCOCCOCCC(=O)NCCCCn3nc(-c4ccc5oc(N)nc5c4)c4c(N)ncnc43)nn2)[C@H](C)/C=C(\C)[C@@H](O)[C@@H](O)C(=O)[C@H](C)C[C@H](C)/C=C/C=CC=C1C. The molecule has 5 aromatic rings. The topological polar surface area (TPSA) is 492 Å². The number of unbranched alkanes of at least 4 members (excludes halogenated alkanes) is 1. The highest BCUT2D eigenvalue weighted by atomic mass is 16.6. The van der Waals surface area contributed by atoms with E-state index in [-0.39, 0.29) is 80.5 Å². The number of nitrogens with two attached hydrogens (primary N) is 3. The second-order valence-electron chi connectivity index (χ2n) is 32.4. The maximum Gasteiger partial charge on any atom is 0.329 e. The Morgan fingerprint density at radius 3 is 2.10 bits per heavy atom. The summed E-state index contributed by atoms with van der Waals surface area (Å²) < 4.78 is 78.1.